The number of hydrogen-bond donors (Lipinski definition) is 1. The van der Waals surface area contributed by atoms with Gasteiger partial charge < -0.3 is 10.1 Å². The molecule has 1 aliphatic carbocycles. The summed E-state index contributed by atoms with van der Waals surface area (Å²) in [6, 6.07) is 8.77. The first kappa shape index (κ1) is 14.5. The van der Waals surface area contributed by atoms with E-state index in [1.54, 1.807) is 0 Å². The topological polar surface area (TPSA) is 34.1 Å². The fourth-order valence-corrected chi connectivity index (χ4v) is 4.01. The maximum Gasteiger partial charge on any atom is 0.124 e. The van der Waals surface area contributed by atoms with Crippen LogP contribution in [0.15, 0.2) is 24.3 Å². The fraction of sp³-hybridized carbons (Fsp3) is 0.471. The van der Waals surface area contributed by atoms with E-state index in [9.17, 15) is 0 Å². The van der Waals surface area contributed by atoms with Crippen molar-refractivity contribution in [2.24, 2.45) is 0 Å². The van der Waals surface area contributed by atoms with Crippen molar-refractivity contribution in [3.63, 3.8) is 0 Å². The molecule has 0 aliphatic heterocycles. The summed E-state index contributed by atoms with van der Waals surface area (Å²) in [4.78, 5) is 6.28. The van der Waals surface area contributed by atoms with Gasteiger partial charge in [0.05, 0.1) is 12.3 Å². The third-order valence-electron chi connectivity index (χ3n) is 3.85. The molecule has 3 nitrogen and oxygen atoms in total. The Balaban J connectivity index is 1.89. The summed E-state index contributed by atoms with van der Waals surface area (Å²) in [5.74, 6) is 0.938. The zero-order valence-corrected chi connectivity index (χ0v) is 13.5. The Kier molecular flexibility index (Phi) is 4.56. The van der Waals surface area contributed by atoms with Crippen LogP contribution in [0.5, 0.6) is 5.75 Å². The summed E-state index contributed by atoms with van der Waals surface area (Å²) >= 11 is 1.82. The summed E-state index contributed by atoms with van der Waals surface area (Å²) in [5, 5.41) is 4.52. The van der Waals surface area contributed by atoms with E-state index in [0.29, 0.717) is 6.04 Å². The van der Waals surface area contributed by atoms with E-state index in [2.05, 4.69) is 30.4 Å². The lowest BCUT2D eigenvalue weighted by atomic mass is 9.98. The molecule has 1 aromatic carbocycles. The molecule has 0 amide bonds. The van der Waals surface area contributed by atoms with Crippen molar-refractivity contribution >= 4 is 11.3 Å². The number of hydrogen-bond acceptors (Lipinski definition) is 4. The minimum absolute atomic E-state index is 0.472. The van der Waals surface area contributed by atoms with Crippen molar-refractivity contribution < 1.29 is 4.74 Å². The van der Waals surface area contributed by atoms with Crippen LogP contribution in [0.1, 0.15) is 42.8 Å². The molecule has 0 saturated carbocycles. The van der Waals surface area contributed by atoms with Gasteiger partial charge in [0, 0.05) is 16.5 Å². The fourth-order valence-electron chi connectivity index (χ4n) is 2.76. The molecule has 0 saturated heterocycles. The number of fused-ring (bicyclic) bond motifs is 1. The lowest BCUT2D eigenvalue weighted by Crippen LogP contribution is -2.19. The second-order valence-electron chi connectivity index (χ2n) is 5.44. The number of thiazole rings is 1. The van der Waals surface area contributed by atoms with Crippen LogP contribution in [-0.4, -0.2) is 18.6 Å². The molecule has 2 aromatic rings. The van der Waals surface area contributed by atoms with Gasteiger partial charge in [0.15, 0.2) is 0 Å². The van der Waals surface area contributed by atoms with Crippen molar-refractivity contribution in [1.29, 1.82) is 0 Å². The molecule has 0 spiro atoms. The van der Waals surface area contributed by atoms with Crippen molar-refractivity contribution in [3.05, 3.63) is 34.8 Å². The Morgan fingerprint density at radius 1 is 1.43 bits per heavy atom. The standard InChI is InChI=1S/C17H22N2OS/c1-3-10-20-13-7-4-6-12(11-13)17-19-15-9-5-8-14(18-2)16(15)21-17/h4,6-7,11,14,18H,3,5,8-10H2,1-2H3. The summed E-state index contributed by atoms with van der Waals surface area (Å²) in [6.45, 7) is 2.89. The Labute approximate surface area is 130 Å². The maximum absolute atomic E-state index is 5.73. The van der Waals surface area contributed by atoms with E-state index in [-0.39, 0.29) is 0 Å². The Morgan fingerprint density at radius 2 is 2.33 bits per heavy atom. The highest BCUT2D eigenvalue weighted by Crippen LogP contribution is 2.38. The monoisotopic (exact) mass is 302 g/mol. The van der Waals surface area contributed by atoms with Crippen LogP contribution in [0.2, 0.25) is 0 Å². The summed E-state index contributed by atoms with van der Waals surface area (Å²) in [5.41, 5.74) is 2.44. The molecule has 0 radical (unpaired) electrons. The molecule has 1 unspecified atom stereocenters. The number of rotatable bonds is 5. The van der Waals surface area contributed by atoms with Gasteiger partial charge in [0.1, 0.15) is 10.8 Å². The summed E-state index contributed by atoms with van der Waals surface area (Å²) in [7, 11) is 2.04. The molecule has 1 aromatic heterocycles. The Bertz CT molecular complexity index is 609. The van der Waals surface area contributed by atoms with E-state index < -0.39 is 0 Å². The molecule has 112 valence electrons. The van der Waals surface area contributed by atoms with Crippen LogP contribution >= 0.6 is 11.3 Å². The van der Waals surface area contributed by atoms with Crippen LogP contribution in [0.25, 0.3) is 10.6 Å². The highest BCUT2D eigenvalue weighted by Gasteiger charge is 2.23. The summed E-state index contributed by atoms with van der Waals surface area (Å²) < 4.78 is 5.73. The molecular weight excluding hydrogens is 280 g/mol. The molecule has 0 fully saturated rings. The van der Waals surface area contributed by atoms with Crippen molar-refractivity contribution in [1.82, 2.24) is 10.3 Å². The highest BCUT2D eigenvalue weighted by atomic mass is 32.1. The zero-order valence-electron chi connectivity index (χ0n) is 12.7. The van der Waals surface area contributed by atoms with Crippen LogP contribution in [-0.2, 0) is 6.42 Å². The second-order valence-corrected chi connectivity index (χ2v) is 6.47. The van der Waals surface area contributed by atoms with E-state index in [1.807, 2.05) is 24.5 Å². The second kappa shape index (κ2) is 6.58. The largest absolute Gasteiger partial charge is 0.494 e. The Morgan fingerprint density at radius 3 is 3.14 bits per heavy atom. The summed E-state index contributed by atoms with van der Waals surface area (Å²) in [6.07, 6.45) is 4.57. The van der Waals surface area contributed by atoms with Gasteiger partial charge in [-0.3, -0.25) is 0 Å². The van der Waals surface area contributed by atoms with E-state index in [4.69, 9.17) is 9.72 Å². The van der Waals surface area contributed by atoms with Crippen LogP contribution < -0.4 is 10.1 Å². The number of nitrogens with one attached hydrogen (secondary N) is 1. The molecule has 1 atom stereocenters. The number of ether oxygens (including phenoxy) is 1. The maximum atomic E-state index is 5.73. The van der Waals surface area contributed by atoms with Gasteiger partial charge in [-0.2, -0.15) is 0 Å². The smallest absolute Gasteiger partial charge is 0.124 e. The molecular formula is C17H22N2OS. The highest BCUT2D eigenvalue weighted by molar-refractivity contribution is 7.15. The van der Waals surface area contributed by atoms with Gasteiger partial charge in [0.25, 0.3) is 0 Å². The quantitative estimate of drug-likeness (QED) is 0.899. The minimum atomic E-state index is 0.472. The van der Waals surface area contributed by atoms with Gasteiger partial charge in [-0.1, -0.05) is 19.1 Å². The molecule has 1 N–H and O–H groups in total. The predicted octanol–water partition coefficient (Wildman–Crippen LogP) is 4.20. The first-order valence-electron chi connectivity index (χ1n) is 7.72. The molecule has 1 heterocycles. The first-order chi connectivity index (χ1) is 10.3. The zero-order chi connectivity index (χ0) is 14.7. The van der Waals surface area contributed by atoms with Crippen LogP contribution in [0.3, 0.4) is 0 Å². The predicted molar refractivity (Wildman–Crippen MR) is 88.1 cm³/mol. The number of aromatic nitrogens is 1. The average Bonchev–Trinajstić information content (AvgIpc) is 2.97. The molecule has 4 heteroatoms. The number of benzene rings is 1. The van der Waals surface area contributed by atoms with Gasteiger partial charge in [0.2, 0.25) is 0 Å². The lowest BCUT2D eigenvalue weighted by Gasteiger charge is -2.19. The van der Waals surface area contributed by atoms with E-state index >= 15 is 0 Å². The molecule has 0 bridgehead atoms. The third-order valence-corrected chi connectivity index (χ3v) is 5.11. The van der Waals surface area contributed by atoms with Gasteiger partial charge >= 0.3 is 0 Å². The molecule has 21 heavy (non-hydrogen) atoms. The van der Waals surface area contributed by atoms with Gasteiger partial charge in [-0.15, -0.1) is 11.3 Å². The number of nitrogens with zero attached hydrogens (tertiary/aromatic N) is 1. The van der Waals surface area contributed by atoms with Crippen molar-refractivity contribution in [2.45, 2.75) is 38.6 Å². The SMILES string of the molecule is CCCOc1cccc(-c2nc3c(s2)C(NC)CCC3)c1. The normalized spacial score (nSPS) is 17.5. The lowest BCUT2D eigenvalue weighted by molar-refractivity contribution is 0.317. The number of aryl methyl sites for hydroxylation is 1. The molecule has 3 rings (SSSR count). The molecule has 1 aliphatic rings. The van der Waals surface area contributed by atoms with E-state index in [0.717, 1.165) is 35.8 Å². The van der Waals surface area contributed by atoms with Crippen molar-refractivity contribution in [3.8, 4) is 16.3 Å². The third kappa shape index (κ3) is 3.11. The van der Waals surface area contributed by atoms with E-state index in [1.165, 1.54) is 23.4 Å². The van der Waals surface area contributed by atoms with Crippen molar-refractivity contribution in [2.75, 3.05) is 13.7 Å². The van der Waals surface area contributed by atoms with Gasteiger partial charge in [-0.25, -0.2) is 4.98 Å². The van der Waals surface area contributed by atoms with Crippen LogP contribution in [0.4, 0.5) is 0 Å². The minimum Gasteiger partial charge on any atom is -0.494 e. The van der Waals surface area contributed by atoms with Crippen LogP contribution in [0, 0.1) is 0 Å². The van der Waals surface area contributed by atoms with Gasteiger partial charge in [-0.05, 0) is 44.9 Å². The average molecular weight is 302 g/mol. The first-order valence-corrected chi connectivity index (χ1v) is 8.53. The Hall–Kier alpha value is -1.39.